The van der Waals surface area contributed by atoms with Crippen LogP contribution in [-0.4, -0.2) is 74.4 Å². The summed E-state index contributed by atoms with van der Waals surface area (Å²) < 4.78 is 35.7. The van der Waals surface area contributed by atoms with Crippen LogP contribution in [0.25, 0.3) is 11.0 Å². The molecule has 2 aromatic rings. The highest BCUT2D eigenvalue weighted by Gasteiger charge is 2.25. The average molecular weight is 423 g/mol. The van der Waals surface area contributed by atoms with Crippen LogP contribution in [0.1, 0.15) is 17.5 Å². The van der Waals surface area contributed by atoms with E-state index in [2.05, 4.69) is 0 Å². The zero-order valence-corrected chi connectivity index (χ0v) is 17.3. The van der Waals surface area contributed by atoms with E-state index in [4.69, 9.17) is 9.15 Å². The molecule has 1 aliphatic heterocycles. The van der Waals surface area contributed by atoms with Gasteiger partial charge in [0.05, 0.1) is 6.26 Å². The lowest BCUT2D eigenvalue weighted by Crippen LogP contribution is -2.50. The van der Waals surface area contributed by atoms with Gasteiger partial charge in [-0.25, -0.2) is 13.2 Å². The fourth-order valence-electron chi connectivity index (χ4n) is 4.14. The van der Waals surface area contributed by atoms with Crippen molar-refractivity contribution in [3.8, 4) is 5.75 Å². The molecule has 2 heterocycles. The molecule has 1 aromatic carbocycles. The number of aliphatic hydroxyl groups excluding tert-OH is 1. The third-order valence-electron chi connectivity index (χ3n) is 5.66. The van der Waals surface area contributed by atoms with E-state index in [0.29, 0.717) is 44.1 Å². The van der Waals surface area contributed by atoms with Gasteiger partial charge in [-0.15, -0.1) is 0 Å². The normalized spacial score (nSPS) is 19.4. The maximum atomic E-state index is 12.1. The highest BCUT2D eigenvalue weighted by molar-refractivity contribution is 7.88. The van der Waals surface area contributed by atoms with Gasteiger partial charge in [-0.05, 0) is 37.0 Å². The van der Waals surface area contributed by atoms with Gasteiger partial charge in [0, 0.05) is 49.7 Å². The molecule has 1 aliphatic carbocycles. The SMILES string of the molecule is CS(=O)(=O)N1CCN(C[C@@H](O)COc2ccc3c4c(c(=O)oc3c2)CCC4)CC1. The smallest absolute Gasteiger partial charge is 0.339 e. The van der Waals surface area contributed by atoms with Gasteiger partial charge >= 0.3 is 5.63 Å². The quantitative estimate of drug-likeness (QED) is 0.681. The Morgan fingerprint density at radius 3 is 2.62 bits per heavy atom. The maximum absolute atomic E-state index is 12.1. The van der Waals surface area contributed by atoms with Crippen molar-refractivity contribution in [3.05, 3.63) is 39.7 Å². The van der Waals surface area contributed by atoms with Gasteiger partial charge in [0.25, 0.3) is 0 Å². The minimum absolute atomic E-state index is 0.104. The van der Waals surface area contributed by atoms with Crippen LogP contribution < -0.4 is 10.4 Å². The summed E-state index contributed by atoms with van der Waals surface area (Å²) in [5, 5.41) is 11.3. The van der Waals surface area contributed by atoms with E-state index in [1.807, 2.05) is 17.0 Å². The van der Waals surface area contributed by atoms with Gasteiger partial charge in [-0.1, -0.05) is 0 Å². The van der Waals surface area contributed by atoms with Crippen LogP contribution in [-0.2, 0) is 22.9 Å². The molecule has 0 saturated carbocycles. The molecule has 158 valence electrons. The van der Waals surface area contributed by atoms with Gasteiger partial charge < -0.3 is 14.3 Å². The number of aliphatic hydroxyl groups is 1. The predicted octanol–water partition coefficient (Wildman–Crippen LogP) is 0.599. The van der Waals surface area contributed by atoms with Crippen molar-refractivity contribution in [2.45, 2.75) is 25.4 Å². The third-order valence-corrected chi connectivity index (χ3v) is 6.96. The van der Waals surface area contributed by atoms with Gasteiger partial charge in [-0.3, -0.25) is 4.90 Å². The number of benzene rings is 1. The Labute approximate surface area is 169 Å². The summed E-state index contributed by atoms with van der Waals surface area (Å²) in [5.41, 5.74) is 2.11. The molecule has 8 nitrogen and oxygen atoms in total. The molecule has 0 unspecified atom stereocenters. The molecule has 1 atom stereocenters. The van der Waals surface area contributed by atoms with Crippen molar-refractivity contribution >= 4 is 21.0 Å². The van der Waals surface area contributed by atoms with Crippen LogP contribution in [0, 0.1) is 0 Å². The van der Waals surface area contributed by atoms with Crippen molar-refractivity contribution in [3.63, 3.8) is 0 Å². The zero-order valence-electron chi connectivity index (χ0n) is 16.5. The van der Waals surface area contributed by atoms with Crippen LogP contribution >= 0.6 is 0 Å². The molecule has 0 spiro atoms. The molecular formula is C20H26N2O6S. The number of nitrogens with zero attached hydrogens (tertiary/aromatic N) is 2. The van der Waals surface area contributed by atoms with E-state index >= 15 is 0 Å². The summed E-state index contributed by atoms with van der Waals surface area (Å²) >= 11 is 0. The Balaban J connectivity index is 1.34. The first-order valence-corrected chi connectivity index (χ1v) is 11.7. The topological polar surface area (TPSA) is 100 Å². The van der Waals surface area contributed by atoms with E-state index < -0.39 is 16.1 Å². The second kappa shape index (κ2) is 8.06. The molecule has 0 radical (unpaired) electrons. The zero-order chi connectivity index (χ0) is 20.6. The Morgan fingerprint density at radius 2 is 1.90 bits per heavy atom. The lowest BCUT2D eigenvalue weighted by Gasteiger charge is -2.34. The standard InChI is InChI=1S/C20H26N2O6S/c1-29(25,26)22-9-7-21(8-10-22)12-14(23)13-27-15-5-6-17-16-3-2-4-18(16)20(24)28-19(17)11-15/h5-6,11,14,23H,2-4,7-10,12-13H2,1H3/t14-/m1/s1. The molecule has 0 amide bonds. The number of ether oxygens (including phenoxy) is 1. The van der Waals surface area contributed by atoms with Crippen LogP contribution in [0.15, 0.2) is 27.4 Å². The maximum Gasteiger partial charge on any atom is 0.339 e. The van der Waals surface area contributed by atoms with Crippen LogP contribution in [0.2, 0.25) is 0 Å². The Bertz CT molecular complexity index is 1060. The van der Waals surface area contributed by atoms with E-state index in [-0.39, 0.29) is 12.2 Å². The Kier molecular flexibility index (Phi) is 5.65. The summed E-state index contributed by atoms with van der Waals surface area (Å²) in [6.45, 7) is 2.54. The molecule has 1 N–H and O–H groups in total. The van der Waals surface area contributed by atoms with E-state index in [0.717, 1.165) is 35.8 Å². The average Bonchev–Trinajstić information content (AvgIpc) is 3.17. The van der Waals surface area contributed by atoms with Crippen LogP contribution in [0.3, 0.4) is 0 Å². The summed E-state index contributed by atoms with van der Waals surface area (Å²) in [4.78, 5) is 14.1. The molecule has 2 aliphatic rings. The molecule has 0 bridgehead atoms. The number of β-amino-alcohol motifs (C(OH)–C–C–N with tert-alkyl or cyclic N) is 1. The highest BCUT2D eigenvalue weighted by Crippen LogP contribution is 2.29. The minimum atomic E-state index is -3.16. The van der Waals surface area contributed by atoms with E-state index in [1.54, 1.807) is 6.07 Å². The molecular weight excluding hydrogens is 396 g/mol. The number of aryl methyl sites for hydroxylation is 1. The largest absolute Gasteiger partial charge is 0.491 e. The van der Waals surface area contributed by atoms with Crippen molar-refractivity contribution in [2.75, 3.05) is 45.6 Å². The third kappa shape index (κ3) is 4.48. The summed E-state index contributed by atoms with van der Waals surface area (Å²) in [6, 6.07) is 5.44. The monoisotopic (exact) mass is 422 g/mol. The van der Waals surface area contributed by atoms with Crippen molar-refractivity contribution in [1.29, 1.82) is 0 Å². The number of hydrogen-bond acceptors (Lipinski definition) is 7. The second-order valence-corrected chi connectivity index (χ2v) is 9.77. The first kappa shape index (κ1) is 20.3. The van der Waals surface area contributed by atoms with Crippen LogP contribution in [0.5, 0.6) is 5.75 Å². The van der Waals surface area contributed by atoms with Crippen molar-refractivity contribution in [1.82, 2.24) is 9.21 Å². The highest BCUT2D eigenvalue weighted by atomic mass is 32.2. The Hall–Kier alpha value is -1.94. The minimum Gasteiger partial charge on any atom is -0.491 e. The molecule has 9 heteroatoms. The number of fused-ring (bicyclic) bond motifs is 3. The molecule has 1 fully saturated rings. The molecule has 4 rings (SSSR count). The lowest BCUT2D eigenvalue weighted by molar-refractivity contribution is 0.0570. The van der Waals surface area contributed by atoms with Gasteiger partial charge in [-0.2, -0.15) is 4.31 Å². The van der Waals surface area contributed by atoms with Gasteiger partial charge in [0.15, 0.2) is 0 Å². The molecule has 29 heavy (non-hydrogen) atoms. The number of rotatable bonds is 6. The fraction of sp³-hybridized carbons (Fsp3) is 0.550. The number of hydrogen-bond donors (Lipinski definition) is 1. The fourth-order valence-corrected chi connectivity index (χ4v) is 4.97. The summed E-state index contributed by atoms with van der Waals surface area (Å²) in [6.07, 6.45) is 3.15. The summed E-state index contributed by atoms with van der Waals surface area (Å²) in [7, 11) is -3.16. The van der Waals surface area contributed by atoms with Crippen LogP contribution in [0.4, 0.5) is 0 Å². The van der Waals surface area contributed by atoms with Gasteiger partial charge in [0.1, 0.15) is 24.0 Å². The predicted molar refractivity (Wildman–Crippen MR) is 109 cm³/mol. The number of sulfonamides is 1. The second-order valence-electron chi connectivity index (χ2n) is 7.79. The molecule has 1 aromatic heterocycles. The van der Waals surface area contributed by atoms with Crippen molar-refractivity contribution in [2.24, 2.45) is 0 Å². The first-order valence-electron chi connectivity index (χ1n) is 9.88. The number of piperazine rings is 1. The summed E-state index contributed by atoms with van der Waals surface area (Å²) in [5.74, 6) is 0.541. The van der Waals surface area contributed by atoms with Gasteiger partial charge in [0.2, 0.25) is 10.0 Å². The molecule has 1 saturated heterocycles. The van der Waals surface area contributed by atoms with Crippen molar-refractivity contribution < 1.29 is 22.7 Å². The van der Waals surface area contributed by atoms with E-state index in [1.165, 1.54) is 10.6 Å². The lowest BCUT2D eigenvalue weighted by atomic mass is 10.1. The Morgan fingerprint density at radius 1 is 1.17 bits per heavy atom. The van der Waals surface area contributed by atoms with E-state index in [9.17, 15) is 18.3 Å². The first-order chi connectivity index (χ1) is 13.8.